The van der Waals surface area contributed by atoms with Crippen LogP contribution in [0.3, 0.4) is 0 Å². The van der Waals surface area contributed by atoms with Gasteiger partial charge in [-0.1, -0.05) is 0 Å². The van der Waals surface area contributed by atoms with Crippen molar-refractivity contribution < 1.29 is 23.0 Å². The highest BCUT2D eigenvalue weighted by Gasteiger charge is 2.36. The van der Waals surface area contributed by atoms with E-state index in [9.17, 15) is 18.3 Å². The van der Waals surface area contributed by atoms with Crippen LogP contribution in [-0.2, 0) is 10.9 Å². The molecule has 2 aliphatic rings. The molecule has 2 N–H and O–H groups in total. The van der Waals surface area contributed by atoms with E-state index in [-0.39, 0.29) is 17.3 Å². The van der Waals surface area contributed by atoms with Crippen LogP contribution in [0.2, 0.25) is 0 Å². The lowest BCUT2D eigenvalue weighted by atomic mass is 10.0. The van der Waals surface area contributed by atoms with Gasteiger partial charge in [-0.05, 0) is 31.2 Å². The van der Waals surface area contributed by atoms with Crippen LogP contribution in [0.5, 0.6) is 0 Å². The fourth-order valence-electron chi connectivity index (χ4n) is 2.89. The molecule has 130 valence electrons. The number of hydrogen-bond acceptors (Lipinski definition) is 5. The second-order valence-electron chi connectivity index (χ2n) is 5.75. The Hall–Kier alpha value is -2.06. The standard InChI is InChI=1S/C16H18F3N3O2/c1-10-9-24-6-5-22(10)11-7-13(21-14(23)8-11)12-3-2-4-20-15(12)16(17,18)19/h2-4,7-8,10,14,21,23H,5-6,9H2,1H3/t10-,14?/m1/s1. The molecule has 1 aromatic heterocycles. The lowest BCUT2D eigenvalue weighted by Crippen LogP contribution is -2.44. The van der Waals surface area contributed by atoms with E-state index in [2.05, 4.69) is 10.3 Å². The molecule has 1 saturated heterocycles. The molecule has 0 aliphatic carbocycles. The largest absolute Gasteiger partial charge is 0.434 e. The first-order chi connectivity index (χ1) is 11.4. The molecule has 0 saturated carbocycles. The summed E-state index contributed by atoms with van der Waals surface area (Å²) < 4.78 is 45.0. The minimum atomic E-state index is -4.57. The Balaban J connectivity index is 1.98. The van der Waals surface area contributed by atoms with Crippen LogP contribution in [0.25, 0.3) is 5.70 Å². The lowest BCUT2D eigenvalue weighted by molar-refractivity contribution is -0.141. The van der Waals surface area contributed by atoms with Crippen LogP contribution in [0.1, 0.15) is 18.2 Å². The number of hydrogen-bond donors (Lipinski definition) is 2. The molecule has 0 amide bonds. The van der Waals surface area contributed by atoms with E-state index in [1.54, 1.807) is 12.2 Å². The fourth-order valence-corrected chi connectivity index (χ4v) is 2.89. The van der Waals surface area contributed by atoms with E-state index in [0.717, 1.165) is 6.20 Å². The molecule has 0 aromatic carbocycles. The van der Waals surface area contributed by atoms with E-state index in [1.807, 2.05) is 11.8 Å². The number of pyridine rings is 1. The summed E-state index contributed by atoms with van der Waals surface area (Å²) in [7, 11) is 0. The van der Waals surface area contributed by atoms with Gasteiger partial charge in [-0.15, -0.1) is 0 Å². The topological polar surface area (TPSA) is 57.6 Å². The second-order valence-corrected chi connectivity index (χ2v) is 5.75. The van der Waals surface area contributed by atoms with Gasteiger partial charge in [0.05, 0.1) is 13.2 Å². The molecule has 0 spiro atoms. The number of ether oxygens (including phenoxy) is 1. The number of halogens is 3. The highest BCUT2D eigenvalue weighted by molar-refractivity contribution is 5.70. The maximum absolute atomic E-state index is 13.2. The van der Waals surface area contributed by atoms with Gasteiger partial charge in [-0.3, -0.25) is 4.98 Å². The van der Waals surface area contributed by atoms with Crippen LogP contribution in [0.15, 0.2) is 36.2 Å². The molecule has 0 bridgehead atoms. The average Bonchev–Trinajstić information content (AvgIpc) is 2.54. The Morgan fingerprint density at radius 2 is 2.21 bits per heavy atom. The average molecular weight is 341 g/mol. The van der Waals surface area contributed by atoms with E-state index in [0.29, 0.717) is 25.5 Å². The minimum Gasteiger partial charge on any atom is -0.377 e. The van der Waals surface area contributed by atoms with Gasteiger partial charge in [-0.25, -0.2) is 0 Å². The fraction of sp³-hybridized carbons (Fsp3) is 0.438. The van der Waals surface area contributed by atoms with E-state index in [4.69, 9.17) is 4.74 Å². The van der Waals surface area contributed by atoms with Crippen LogP contribution >= 0.6 is 0 Å². The maximum atomic E-state index is 13.2. The van der Waals surface area contributed by atoms with Crippen LogP contribution < -0.4 is 5.32 Å². The molecule has 3 heterocycles. The molecule has 5 nitrogen and oxygen atoms in total. The lowest BCUT2D eigenvalue weighted by Gasteiger charge is -2.38. The number of aliphatic hydroxyl groups is 1. The predicted octanol–water partition coefficient (Wildman–Crippen LogP) is 1.97. The molecule has 8 heteroatoms. The number of aliphatic hydroxyl groups excluding tert-OH is 1. The van der Waals surface area contributed by atoms with Crippen LogP contribution in [0, 0.1) is 0 Å². The quantitative estimate of drug-likeness (QED) is 0.861. The molecule has 1 unspecified atom stereocenters. The Labute approximate surface area is 137 Å². The highest BCUT2D eigenvalue weighted by Crippen LogP contribution is 2.34. The summed E-state index contributed by atoms with van der Waals surface area (Å²) in [6.45, 7) is 3.65. The van der Waals surface area contributed by atoms with Gasteiger partial charge in [0.2, 0.25) is 0 Å². The number of morpholine rings is 1. The third-order valence-corrected chi connectivity index (χ3v) is 3.99. The summed E-state index contributed by atoms with van der Waals surface area (Å²) in [5.74, 6) is 0. The summed E-state index contributed by atoms with van der Waals surface area (Å²) in [6.07, 6.45) is -1.35. The van der Waals surface area contributed by atoms with Crippen molar-refractivity contribution in [3.05, 3.63) is 47.4 Å². The Morgan fingerprint density at radius 1 is 1.42 bits per heavy atom. The number of rotatable bonds is 2. The summed E-state index contributed by atoms with van der Waals surface area (Å²) in [4.78, 5) is 5.47. The Morgan fingerprint density at radius 3 is 2.92 bits per heavy atom. The number of nitrogens with one attached hydrogen (secondary N) is 1. The second kappa shape index (κ2) is 6.45. The van der Waals surface area contributed by atoms with Crippen molar-refractivity contribution >= 4 is 5.70 Å². The molecular weight excluding hydrogens is 323 g/mol. The van der Waals surface area contributed by atoms with Crippen LogP contribution in [-0.4, -0.2) is 47.0 Å². The predicted molar refractivity (Wildman–Crippen MR) is 81.4 cm³/mol. The monoisotopic (exact) mass is 341 g/mol. The first-order valence-electron chi connectivity index (χ1n) is 7.61. The first-order valence-corrected chi connectivity index (χ1v) is 7.61. The molecule has 24 heavy (non-hydrogen) atoms. The van der Waals surface area contributed by atoms with Crippen molar-refractivity contribution in [2.75, 3.05) is 19.8 Å². The van der Waals surface area contributed by atoms with Gasteiger partial charge in [0.25, 0.3) is 0 Å². The van der Waals surface area contributed by atoms with Gasteiger partial charge >= 0.3 is 6.18 Å². The van der Waals surface area contributed by atoms with Gasteiger partial charge in [-0.2, -0.15) is 13.2 Å². The molecule has 2 aliphatic heterocycles. The van der Waals surface area contributed by atoms with Crippen molar-refractivity contribution in [1.29, 1.82) is 0 Å². The zero-order valence-corrected chi connectivity index (χ0v) is 13.0. The van der Waals surface area contributed by atoms with Crippen molar-refractivity contribution in [2.24, 2.45) is 0 Å². The molecule has 1 aromatic rings. The Kier molecular flexibility index (Phi) is 4.51. The van der Waals surface area contributed by atoms with Crippen molar-refractivity contribution in [2.45, 2.75) is 25.4 Å². The van der Waals surface area contributed by atoms with Gasteiger partial charge in [0, 0.05) is 35.7 Å². The molecule has 2 atom stereocenters. The zero-order chi connectivity index (χ0) is 17.3. The summed E-state index contributed by atoms with van der Waals surface area (Å²) >= 11 is 0. The third-order valence-electron chi connectivity index (χ3n) is 3.99. The number of dihydropyridines is 1. The molecule has 0 radical (unpaired) electrons. The first kappa shape index (κ1) is 16.8. The van der Waals surface area contributed by atoms with Crippen molar-refractivity contribution in [1.82, 2.24) is 15.2 Å². The SMILES string of the molecule is C[C@@H]1COCCN1C1=CC(O)NC(c2cccnc2C(F)(F)F)=C1. The van der Waals surface area contributed by atoms with Gasteiger partial charge in [0.1, 0.15) is 6.23 Å². The molecule has 1 fully saturated rings. The van der Waals surface area contributed by atoms with Gasteiger partial charge in [0.15, 0.2) is 5.69 Å². The smallest absolute Gasteiger partial charge is 0.377 e. The van der Waals surface area contributed by atoms with E-state index >= 15 is 0 Å². The number of alkyl halides is 3. The van der Waals surface area contributed by atoms with E-state index in [1.165, 1.54) is 12.1 Å². The number of aromatic nitrogens is 1. The molecular formula is C16H18F3N3O2. The number of nitrogens with zero attached hydrogens (tertiary/aromatic N) is 2. The van der Waals surface area contributed by atoms with Gasteiger partial charge < -0.3 is 20.1 Å². The maximum Gasteiger partial charge on any atom is 0.434 e. The van der Waals surface area contributed by atoms with Crippen molar-refractivity contribution in [3.63, 3.8) is 0 Å². The highest BCUT2D eigenvalue weighted by atomic mass is 19.4. The van der Waals surface area contributed by atoms with Crippen LogP contribution in [0.4, 0.5) is 13.2 Å². The normalized spacial score (nSPS) is 25.0. The minimum absolute atomic E-state index is 0.0729. The third kappa shape index (κ3) is 3.39. The van der Waals surface area contributed by atoms with E-state index < -0.39 is 18.1 Å². The summed E-state index contributed by atoms with van der Waals surface area (Å²) in [6, 6.07) is 2.85. The van der Waals surface area contributed by atoms with Crippen molar-refractivity contribution in [3.8, 4) is 0 Å². The zero-order valence-electron chi connectivity index (χ0n) is 13.0. The number of allylic oxidation sites excluding steroid dienone is 1. The summed E-state index contributed by atoms with van der Waals surface area (Å²) in [5, 5.41) is 12.7. The summed E-state index contributed by atoms with van der Waals surface area (Å²) in [5.41, 5.74) is -0.203. The molecule has 3 rings (SSSR count). The Bertz CT molecular complexity index is 673.